The van der Waals surface area contributed by atoms with Crippen LogP contribution in [0.15, 0.2) is 80.9 Å². The molecule has 3 rings (SSSR count). The molecule has 9 heteroatoms. The van der Waals surface area contributed by atoms with Gasteiger partial charge >= 0.3 is 17.8 Å². The quantitative estimate of drug-likeness (QED) is 0.194. The number of nitrogens with zero attached hydrogens (tertiary/aromatic N) is 1. The van der Waals surface area contributed by atoms with Gasteiger partial charge in [-0.25, -0.2) is 10.2 Å². The number of nitrogens with one attached hydrogen (secondary N) is 2. The zero-order valence-electron chi connectivity index (χ0n) is 15.7. The molecule has 0 spiro atoms. The van der Waals surface area contributed by atoms with E-state index < -0.39 is 17.8 Å². The molecule has 0 aliphatic heterocycles. The Morgan fingerprint density at radius 3 is 2.30 bits per heavy atom. The van der Waals surface area contributed by atoms with E-state index in [2.05, 4.69) is 31.8 Å². The van der Waals surface area contributed by atoms with Gasteiger partial charge in [0.05, 0.1) is 12.0 Å². The first-order valence-electron chi connectivity index (χ1n) is 8.69. The van der Waals surface area contributed by atoms with Gasteiger partial charge in [0.2, 0.25) is 5.76 Å². The minimum absolute atomic E-state index is 0.0981. The first-order valence-corrected chi connectivity index (χ1v) is 9.49. The maximum atomic E-state index is 11.9. The molecule has 8 nitrogen and oxygen atoms in total. The second kappa shape index (κ2) is 9.66. The molecule has 0 aliphatic rings. The standard InChI is InChI=1S/C21H16BrN3O5/c1-13(24-25-20(27)19(26)23-16-8-6-15(22)7-9-16)14-4-10-17(11-5-14)30-21(28)18-3-2-12-29-18/h2-12H,1H3,(H,23,26)(H,25,27)/b24-13+. The van der Waals surface area contributed by atoms with Crippen LogP contribution < -0.4 is 15.5 Å². The molecule has 0 aliphatic carbocycles. The molecule has 2 aromatic carbocycles. The zero-order valence-corrected chi connectivity index (χ0v) is 17.3. The lowest BCUT2D eigenvalue weighted by atomic mass is 10.1. The SMILES string of the molecule is C/C(=N\NC(=O)C(=O)Nc1ccc(Br)cc1)c1ccc(OC(=O)c2ccco2)cc1. The number of amides is 2. The summed E-state index contributed by atoms with van der Waals surface area (Å²) in [5, 5.41) is 6.40. The number of halogens is 1. The summed E-state index contributed by atoms with van der Waals surface area (Å²) in [6, 6.07) is 16.4. The van der Waals surface area contributed by atoms with Crippen LogP contribution in [0.4, 0.5) is 5.69 Å². The molecular formula is C21H16BrN3O5. The Bertz CT molecular complexity index is 1070. The Kier molecular flexibility index (Phi) is 6.76. The summed E-state index contributed by atoms with van der Waals surface area (Å²) < 4.78 is 11.0. The van der Waals surface area contributed by atoms with E-state index in [-0.39, 0.29) is 5.76 Å². The van der Waals surface area contributed by atoms with Gasteiger partial charge in [0, 0.05) is 10.2 Å². The lowest BCUT2D eigenvalue weighted by Gasteiger charge is -2.06. The van der Waals surface area contributed by atoms with Gasteiger partial charge in [0.25, 0.3) is 0 Å². The lowest BCUT2D eigenvalue weighted by molar-refractivity contribution is -0.136. The zero-order chi connectivity index (χ0) is 21.5. The van der Waals surface area contributed by atoms with Gasteiger partial charge < -0.3 is 14.5 Å². The molecule has 3 aromatic rings. The summed E-state index contributed by atoms with van der Waals surface area (Å²) in [6.07, 6.45) is 1.38. The van der Waals surface area contributed by atoms with Crippen LogP contribution in [0.5, 0.6) is 5.75 Å². The van der Waals surface area contributed by atoms with Crippen LogP contribution in [0.1, 0.15) is 23.0 Å². The van der Waals surface area contributed by atoms with Crippen LogP contribution in [-0.4, -0.2) is 23.5 Å². The predicted octanol–water partition coefficient (Wildman–Crippen LogP) is 3.74. The Morgan fingerprint density at radius 1 is 0.967 bits per heavy atom. The first-order chi connectivity index (χ1) is 14.4. The molecule has 1 aromatic heterocycles. The van der Waals surface area contributed by atoms with Gasteiger partial charge in [-0.15, -0.1) is 0 Å². The van der Waals surface area contributed by atoms with Crippen molar-refractivity contribution in [3.63, 3.8) is 0 Å². The van der Waals surface area contributed by atoms with E-state index in [0.29, 0.717) is 22.7 Å². The molecule has 0 saturated heterocycles. The number of furan rings is 1. The third-order valence-corrected chi connectivity index (χ3v) is 4.37. The van der Waals surface area contributed by atoms with Crippen molar-refractivity contribution in [3.05, 3.63) is 82.7 Å². The van der Waals surface area contributed by atoms with Crippen molar-refractivity contribution in [1.82, 2.24) is 5.43 Å². The normalized spacial score (nSPS) is 10.9. The number of anilines is 1. The highest BCUT2D eigenvalue weighted by atomic mass is 79.9. The van der Waals surface area contributed by atoms with E-state index in [1.165, 1.54) is 12.3 Å². The molecule has 1 heterocycles. The van der Waals surface area contributed by atoms with E-state index in [1.807, 2.05) is 0 Å². The second-order valence-corrected chi connectivity index (χ2v) is 6.91. The van der Waals surface area contributed by atoms with E-state index in [4.69, 9.17) is 9.15 Å². The van der Waals surface area contributed by atoms with Crippen molar-refractivity contribution >= 4 is 45.1 Å². The summed E-state index contributed by atoms with van der Waals surface area (Å²) in [4.78, 5) is 35.7. The average molecular weight is 470 g/mol. The molecule has 0 saturated carbocycles. The molecule has 0 bridgehead atoms. The topological polar surface area (TPSA) is 110 Å². The third-order valence-electron chi connectivity index (χ3n) is 3.84. The molecule has 2 amide bonds. The van der Waals surface area contributed by atoms with Gasteiger partial charge in [-0.2, -0.15) is 5.10 Å². The summed E-state index contributed by atoms with van der Waals surface area (Å²) in [5.41, 5.74) is 3.82. The molecule has 30 heavy (non-hydrogen) atoms. The van der Waals surface area contributed by atoms with Gasteiger partial charge in [-0.1, -0.05) is 15.9 Å². The Morgan fingerprint density at radius 2 is 1.67 bits per heavy atom. The number of hydrogen-bond donors (Lipinski definition) is 2. The highest BCUT2D eigenvalue weighted by Gasteiger charge is 2.14. The lowest BCUT2D eigenvalue weighted by Crippen LogP contribution is -2.32. The van der Waals surface area contributed by atoms with Crippen LogP contribution >= 0.6 is 15.9 Å². The largest absolute Gasteiger partial charge is 0.457 e. The van der Waals surface area contributed by atoms with Gasteiger partial charge in [0.1, 0.15) is 5.75 Å². The van der Waals surface area contributed by atoms with E-state index in [0.717, 1.165) is 4.47 Å². The number of rotatable bonds is 5. The van der Waals surface area contributed by atoms with Crippen molar-refractivity contribution in [2.24, 2.45) is 5.10 Å². The molecular weight excluding hydrogens is 454 g/mol. The fourth-order valence-corrected chi connectivity index (χ4v) is 2.55. The number of carbonyl (C=O) groups is 3. The Hall–Kier alpha value is -3.72. The van der Waals surface area contributed by atoms with Gasteiger partial charge in [0.15, 0.2) is 0 Å². The summed E-state index contributed by atoms with van der Waals surface area (Å²) in [7, 11) is 0. The summed E-state index contributed by atoms with van der Waals surface area (Å²) in [5.74, 6) is -1.93. The van der Waals surface area contributed by atoms with Crippen LogP contribution in [-0.2, 0) is 9.59 Å². The minimum Gasteiger partial charge on any atom is -0.457 e. The number of hydrogen-bond acceptors (Lipinski definition) is 6. The maximum absolute atomic E-state index is 11.9. The van der Waals surface area contributed by atoms with Crippen molar-refractivity contribution in [2.45, 2.75) is 6.92 Å². The first kappa shape index (κ1) is 21.0. The number of hydrazone groups is 1. The number of esters is 1. The summed E-state index contributed by atoms with van der Waals surface area (Å²) in [6.45, 7) is 1.66. The smallest absolute Gasteiger partial charge is 0.379 e. The molecule has 0 atom stereocenters. The van der Waals surface area contributed by atoms with Gasteiger partial charge in [-0.05, 0) is 73.2 Å². The van der Waals surface area contributed by atoms with Crippen molar-refractivity contribution in [1.29, 1.82) is 0 Å². The number of carbonyl (C=O) groups excluding carboxylic acids is 3. The predicted molar refractivity (Wildman–Crippen MR) is 113 cm³/mol. The van der Waals surface area contributed by atoms with Crippen LogP contribution in [0.3, 0.4) is 0 Å². The fourth-order valence-electron chi connectivity index (χ4n) is 2.29. The number of ether oxygens (including phenoxy) is 1. The maximum Gasteiger partial charge on any atom is 0.379 e. The highest BCUT2D eigenvalue weighted by molar-refractivity contribution is 9.10. The molecule has 0 unspecified atom stereocenters. The molecule has 0 radical (unpaired) electrons. The second-order valence-electron chi connectivity index (χ2n) is 5.99. The Balaban J connectivity index is 1.55. The van der Waals surface area contributed by atoms with E-state index >= 15 is 0 Å². The van der Waals surface area contributed by atoms with E-state index in [1.54, 1.807) is 61.5 Å². The number of benzene rings is 2. The Labute approximate surface area is 180 Å². The van der Waals surface area contributed by atoms with E-state index in [9.17, 15) is 14.4 Å². The average Bonchev–Trinajstić information content (AvgIpc) is 3.29. The van der Waals surface area contributed by atoms with Crippen LogP contribution in [0, 0.1) is 0 Å². The minimum atomic E-state index is -0.902. The fraction of sp³-hybridized carbons (Fsp3) is 0.0476. The molecule has 0 fully saturated rings. The van der Waals surface area contributed by atoms with Crippen molar-refractivity contribution < 1.29 is 23.5 Å². The van der Waals surface area contributed by atoms with Crippen molar-refractivity contribution in [2.75, 3.05) is 5.32 Å². The third kappa shape index (κ3) is 5.65. The highest BCUT2D eigenvalue weighted by Crippen LogP contribution is 2.16. The monoisotopic (exact) mass is 469 g/mol. The van der Waals surface area contributed by atoms with Crippen LogP contribution in [0.25, 0.3) is 0 Å². The molecule has 152 valence electrons. The molecule has 2 N–H and O–H groups in total. The summed E-state index contributed by atoms with van der Waals surface area (Å²) >= 11 is 3.29. The van der Waals surface area contributed by atoms with Gasteiger partial charge in [-0.3, -0.25) is 9.59 Å². The van der Waals surface area contributed by atoms with Crippen LogP contribution in [0.2, 0.25) is 0 Å². The van der Waals surface area contributed by atoms with Crippen molar-refractivity contribution in [3.8, 4) is 5.75 Å².